The Hall–Kier alpha value is -0.970. The highest BCUT2D eigenvalue weighted by Gasteiger charge is 2.22. The summed E-state index contributed by atoms with van der Waals surface area (Å²) >= 11 is 4.96. The zero-order chi connectivity index (χ0) is 15.2. The molecule has 21 heavy (non-hydrogen) atoms. The Morgan fingerprint density at radius 1 is 1.33 bits per heavy atom. The molecule has 2 atom stereocenters. The summed E-state index contributed by atoms with van der Waals surface area (Å²) < 4.78 is 0. The molecule has 2 rings (SSSR count). The lowest BCUT2D eigenvalue weighted by Gasteiger charge is -2.31. The van der Waals surface area contributed by atoms with Crippen molar-refractivity contribution in [1.29, 1.82) is 0 Å². The smallest absolute Gasteiger partial charge is 0.103 e. The van der Waals surface area contributed by atoms with Crippen LogP contribution in [0.2, 0.25) is 0 Å². The van der Waals surface area contributed by atoms with Gasteiger partial charge in [0.15, 0.2) is 0 Å². The molecule has 0 amide bonds. The number of likely N-dealkylation sites (tertiary alicyclic amines) is 1. The fourth-order valence-electron chi connectivity index (χ4n) is 3.14. The Morgan fingerprint density at radius 2 is 2.05 bits per heavy atom. The summed E-state index contributed by atoms with van der Waals surface area (Å²) in [4.78, 5) is 2.86. The quantitative estimate of drug-likeness (QED) is 0.821. The van der Waals surface area contributed by atoms with E-state index in [-0.39, 0.29) is 0 Å². The third-order valence-electron chi connectivity index (χ3n) is 4.46. The number of nitrogens with zero attached hydrogens (tertiary/aromatic N) is 1. The van der Waals surface area contributed by atoms with E-state index in [1.54, 1.807) is 0 Å². The molecule has 116 valence electrons. The highest BCUT2D eigenvalue weighted by molar-refractivity contribution is 7.80. The molecule has 0 saturated carbocycles. The highest BCUT2D eigenvalue weighted by Crippen LogP contribution is 2.23. The van der Waals surface area contributed by atoms with Crippen molar-refractivity contribution < 1.29 is 5.11 Å². The van der Waals surface area contributed by atoms with Gasteiger partial charge in [-0.2, -0.15) is 0 Å². The van der Waals surface area contributed by atoms with Gasteiger partial charge in [-0.3, -0.25) is 4.90 Å². The SMILES string of the molecule is CCC1CCCCCN1CC(O)c1ccc(C(N)=S)cc1. The third kappa shape index (κ3) is 4.50. The van der Waals surface area contributed by atoms with Crippen LogP contribution >= 0.6 is 12.2 Å². The molecule has 4 heteroatoms. The van der Waals surface area contributed by atoms with E-state index in [0.717, 1.165) is 24.1 Å². The van der Waals surface area contributed by atoms with Gasteiger partial charge in [-0.05, 0) is 31.4 Å². The predicted octanol–water partition coefficient (Wildman–Crippen LogP) is 3.01. The van der Waals surface area contributed by atoms with Crippen molar-refractivity contribution in [3.63, 3.8) is 0 Å². The maximum Gasteiger partial charge on any atom is 0.103 e. The molecule has 0 radical (unpaired) electrons. The summed E-state index contributed by atoms with van der Waals surface area (Å²) in [6.07, 6.45) is 5.83. The number of rotatable bonds is 5. The predicted molar refractivity (Wildman–Crippen MR) is 91.4 cm³/mol. The Bertz CT molecular complexity index is 460. The summed E-state index contributed by atoms with van der Waals surface area (Å²) in [6.45, 7) is 4.05. The Morgan fingerprint density at radius 3 is 2.67 bits per heavy atom. The number of hydrogen-bond acceptors (Lipinski definition) is 3. The van der Waals surface area contributed by atoms with Gasteiger partial charge in [-0.25, -0.2) is 0 Å². The topological polar surface area (TPSA) is 49.5 Å². The molecule has 1 aliphatic rings. The molecule has 0 aromatic heterocycles. The lowest BCUT2D eigenvalue weighted by molar-refractivity contribution is 0.0865. The van der Waals surface area contributed by atoms with Crippen LogP contribution < -0.4 is 5.73 Å². The molecule has 2 unspecified atom stereocenters. The average molecular weight is 306 g/mol. The zero-order valence-corrected chi connectivity index (χ0v) is 13.6. The molecular formula is C17H26N2OS. The molecule has 1 aromatic rings. The van der Waals surface area contributed by atoms with Gasteiger partial charge in [0, 0.05) is 18.2 Å². The van der Waals surface area contributed by atoms with E-state index in [1.165, 1.54) is 25.7 Å². The van der Waals surface area contributed by atoms with Crippen LogP contribution in [0, 0.1) is 0 Å². The van der Waals surface area contributed by atoms with Crippen molar-refractivity contribution in [3.8, 4) is 0 Å². The van der Waals surface area contributed by atoms with Gasteiger partial charge in [0.2, 0.25) is 0 Å². The number of aliphatic hydroxyl groups excluding tert-OH is 1. The minimum atomic E-state index is -0.447. The monoisotopic (exact) mass is 306 g/mol. The maximum absolute atomic E-state index is 10.5. The van der Waals surface area contributed by atoms with Gasteiger partial charge in [-0.1, -0.05) is 56.2 Å². The second-order valence-corrected chi connectivity index (χ2v) is 6.35. The van der Waals surface area contributed by atoms with E-state index in [1.807, 2.05) is 24.3 Å². The van der Waals surface area contributed by atoms with Gasteiger partial charge in [-0.15, -0.1) is 0 Å². The molecule has 1 heterocycles. The van der Waals surface area contributed by atoms with E-state index in [4.69, 9.17) is 18.0 Å². The lowest BCUT2D eigenvalue weighted by atomic mass is 10.0. The standard InChI is InChI=1S/C17H26N2OS/c1-2-15-6-4-3-5-11-19(15)12-16(20)13-7-9-14(10-8-13)17(18)21/h7-10,15-16,20H,2-6,11-12H2,1H3,(H2,18,21). The average Bonchev–Trinajstić information content (AvgIpc) is 2.72. The Kier molecular flexibility index (Phi) is 6.15. The summed E-state index contributed by atoms with van der Waals surface area (Å²) in [5.41, 5.74) is 7.39. The van der Waals surface area contributed by atoms with Crippen molar-refractivity contribution in [3.05, 3.63) is 35.4 Å². The maximum atomic E-state index is 10.5. The van der Waals surface area contributed by atoms with Gasteiger partial charge in [0.25, 0.3) is 0 Å². The molecular weight excluding hydrogens is 280 g/mol. The second-order valence-electron chi connectivity index (χ2n) is 5.91. The number of nitrogens with two attached hydrogens (primary N) is 1. The number of benzene rings is 1. The summed E-state index contributed by atoms with van der Waals surface area (Å²) in [6, 6.07) is 8.25. The second kappa shape index (κ2) is 7.87. The van der Waals surface area contributed by atoms with Crippen LogP contribution in [0.5, 0.6) is 0 Å². The number of thiocarbonyl (C=S) groups is 1. The molecule has 1 aromatic carbocycles. The van der Waals surface area contributed by atoms with Crippen molar-refractivity contribution in [2.75, 3.05) is 13.1 Å². The van der Waals surface area contributed by atoms with Crippen molar-refractivity contribution in [2.45, 2.75) is 51.2 Å². The van der Waals surface area contributed by atoms with E-state index < -0.39 is 6.10 Å². The normalized spacial score (nSPS) is 21.7. The molecule has 1 aliphatic heterocycles. The van der Waals surface area contributed by atoms with Crippen LogP contribution in [0.15, 0.2) is 24.3 Å². The summed E-state index contributed by atoms with van der Waals surface area (Å²) in [5, 5.41) is 10.5. The molecule has 3 nitrogen and oxygen atoms in total. The van der Waals surface area contributed by atoms with Crippen LogP contribution in [0.3, 0.4) is 0 Å². The fourth-order valence-corrected chi connectivity index (χ4v) is 3.27. The van der Waals surface area contributed by atoms with E-state index in [0.29, 0.717) is 17.6 Å². The highest BCUT2D eigenvalue weighted by atomic mass is 32.1. The van der Waals surface area contributed by atoms with Crippen molar-refractivity contribution in [2.24, 2.45) is 5.73 Å². The summed E-state index contributed by atoms with van der Waals surface area (Å²) in [7, 11) is 0. The third-order valence-corrected chi connectivity index (χ3v) is 4.69. The van der Waals surface area contributed by atoms with Gasteiger partial charge < -0.3 is 10.8 Å². The number of β-amino-alcohol motifs (C(OH)–C–C–N with tert-alkyl or cyclic N) is 1. The Balaban J connectivity index is 2.01. The van der Waals surface area contributed by atoms with Crippen LogP contribution in [0.4, 0.5) is 0 Å². The van der Waals surface area contributed by atoms with Gasteiger partial charge in [0.1, 0.15) is 4.99 Å². The molecule has 1 fully saturated rings. The van der Waals surface area contributed by atoms with Crippen LogP contribution in [-0.4, -0.2) is 34.1 Å². The first-order valence-corrected chi connectivity index (χ1v) is 8.34. The summed E-state index contributed by atoms with van der Waals surface area (Å²) in [5.74, 6) is 0. The molecule has 1 saturated heterocycles. The first-order chi connectivity index (χ1) is 10.1. The molecule has 3 N–H and O–H groups in total. The first-order valence-electron chi connectivity index (χ1n) is 7.93. The first kappa shape index (κ1) is 16.4. The largest absolute Gasteiger partial charge is 0.389 e. The molecule has 0 spiro atoms. The molecule has 0 aliphatic carbocycles. The van der Waals surface area contributed by atoms with Crippen LogP contribution in [0.25, 0.3) is 0 Å². The minimum absolute atomic E-state index is 0.398. The van der Waals surface area contributed by atoms with E-state index in [9.17, 15) is 5.11 Å². The van der Waals surface area contributed by atoms with E-state index >= 15 is 0 Å². The van der Waals surface area contributed by atoms with Crippen molar-refractivity contribution in [1.82, 2.24) is 4.90 Å². The van der Waals surface area contributed by atoms with Gasteiger partial charge in [0.05, 0.1) is 6.10 Å². The van der Waals surface area contributed by atoms with Crippen molar-refractivity contribution >= 4 is 17.2 Å². The minimum Gasteiger partial charge on any atom is -0.389 e. The zero-order valence-electron chi connectivity index (χ0n) is 12.8. The lowest BCUT2D eigenvalue weighted by Crippen LogP contribution is -2.37. The molecule has 0 bridgehead atoms. The fraction of sp³-hybridized carbons (Fsp3) is 0.588. The van der Waals surface area contributed by atoms with Gasteiger partial charge >= 0.3 is 0 Å². The number of hydrogen-bond donors (Lipinski definition) is 2. The van der Waals surface area contributed by atoms with Crippen LogP contribution in [0.1, 0.15) is 56.3 Å². The van der Waals surface area contributed by atoms with Crippen LogP contribution in [-0.2, 0) is 0 Å². The number of aliphatic hydroxyl groups is 1. The van der Waals surface area contributed by atoms with E-state index in [2.05, 4.69) is 11.8 Å². The Labute approximate surface area is 133 Å².